The molecule has 0 atom stereocenters. The first-order chi connectivity index (χ1) is 13.8. The van der Waals surface area contributed by atoms with Crippen LogP contribution in [0.25, 0.3) is 0 Å². The molecule has 3 rings (SSSR count). The molecule has 2 aromatic rings. The molecule has 0 aliphatic carbocycles. The summed E-state index contributed by atoms with van der Waals surface area (Å²) < 4.78 is 27.0. The molecular formula is C20H22Cl2N2O3S2. The van der Waals surface area contributed by atoms with Gasteiger partial charge in [-0.15, -0.1) is 11.8 Å². The van der Waals surface area contributed by atoms with Crippen LogP contribution in [-0.2, 0) is 20.6 Å². The van der Waals surface area contributed by atoms with E-state index in [1.807, 2.05) is 6.92 Å². The number of hydrogen-bond acceptors (Lipinski definition) is 4. The number of rotatable bonds is 6. The van der Waals surface area contributed by atoms with E-state index in [1.54, 1.807) is 47.4 Å². The number of sulfonamides is 1. The zero-order valence-electron chi connectivity index (χ0n) is 16.0. The van der Waals surface area contributed by atoms with Gasteiger partial charge in [0.25, 0.3) is 0 Å². The van der Waals surface area contributed by atoms with E-state index in [0.29, 0.717) is 47.7 Å². The molecule has 1 aliphatic heterocycles. The van der Waals surface area contributed by atoms with Crippen molar-refractivity contribution in [2.45, 2.75) is 17.6 Å². The molecule has 1 aliphatic rings. The van der Waals surface area contributed by atoms with Crippen LogP contribution >= 0.6 is 35.0 Å². The van der Waals surface area contributed by atoms with E-state index in [4.69, 9.17) is 23.2 Å². The summed E-state index contributed by atoms with van der Waals surface area (Å²) in [5, 5.41) is 1.18. The van der Waals surface area contributed by atoms with Crippen molar-refractivity contribution in [3.05, 3.63) is 63.6 Å². The summed E-state index contributed by atoms with van der Waals surface area (Å²) in [6.07, 6.45) is 0. The largest absolute Gasteiger partial charge is 0.339 e. The third-order valence-corrected chi connectivity index (χ3v) is 8.35. The van der Waals surface area contributed by atoms with Crippen LogP contribution in [0.1, 0.15) is 11.1 Å². The molecule has 9 heteroatoms. The van der Waals surface area contributed by atoms with Gasteiger partial charge in [-0.2, -0.15) is 4.31 Å². The SMILES string of the molecule is Cc1ccc(S(=O)(=O)N2CCN(C(=O)CSCc3c(Cl)cccc3Cl)CC2)cc1. The van der Waals surface area contributed by atoms with Crippen molar-refractivity contribution in [1.82, 2.24) is 9.21 Å². The Kier molecular flexibility index (Phi) is 7.51. The third-order valence-electron chi connectivity index (χ3n) is 4.78. The number of thioether (sulfide) groups is 1. The first-order valence-electron chi connectivity index (χ1n) is 9.14. The van der Waals surface area contributed by atoms with Gasteiger partial charge >= 0.3 is 0 Å². The fraction of sp³-hybridized carbons (Fsp3) is 0.350. The summed E-state index contributed by atoms with van der Waals surface area (Å²) in [5.74, 6) is 0.837. The van der Waals surface area contributed by atoms with Crippen LogP contribution in [-0.4, -0.2) is 55.5 Å². The van der Waals surface area contributed by atoms with Gasteiger partial charge in [0.05, 0.1) is 10.6 Å². The summed E-state index contributed by atoms with van der Waals surface area (Å²) in [7, 11) is -3.53. The standard InChI is InChI=1S/C20H22Cl2N2O3S2/c1-15-5-7-16(8-6-15)29(26,27)24-11-9-23(10-12-24)20(25)14-28-13-17-18(21)3-2-4-19(17)22/h2-8H,9-14H2,1H3. The van der Waals surface area contributed by atoms with E-state index < -0.39 is 10.0 Å². The maximum Gasteiger partial charge on any atom is 0.243 e. The average Bonchev–Trinajstić information content (AvgIpc) is 2.70. The predicted octanol–water partition coefficient (Wildman–Crippen LogP) is 4.07. The van der Waals surface area contributed by atoms with Crippen molar-refractivity contribution in [2.75, 3.05) is 31.9 Å². The lowest BCUT2D eigenvalue weighted by molar-refractivity contribution is -0.129. The van der Waals surface area contributed by atoms with Gasteiger partial charge in [-0.25, -0.2) is 8.42 Å². The summed E-state index contributed by atoms with van der Waals surface area (Å²) in [6, 6.07) is 12.2. The molecule has 0 unspecified atom stereocenters. The fourth-order valence-corrected chi connectivity index (χ4v) is 6.13. The van der Waals surface area contributed by atoms with E-state index in [0.717, 1.165) is 11.1 Å². The van der Waals surface area contributed by atoms with Crippen LogP contribution < -0.4 is 0 Å². The topological polar surface area (TPSA) is 57.7 Å². The fourth-order valence-electron chi connectivity index (χ4n) is 3.04. The Morgan fingerprint density at radius 3 is 2.17 bits per heavy atom. The third kappa shape index (κ3) is 5.47. The first-order valence-corrected chi connectivity index (χ1v) is 12.5. The van der Waals surface area contributed by atoms with Gasteiger partial charge < -0.3 is 4.90 Å². The second-order valence-electron chi connectivity index (χ2n) is 6.79. The minimum Gasteiger partial charge on any atom is -0.339 e. The summed E-state index contributed by atoms with van der Waals surface area (Å²) in [5.41, 5.74) is 1.83. The number of carbonyl (C=O) groups excluding carboxylic acids is 1. The van der Waals surface area contributed by atoms with E-state index >= 15 is 0 Å². The molecular weight excluding hydrogens is 451 g/mol. The van der Waals surface area contributed by atoms with Gasteiger partial charge in [-0.05, 0) is 36.8 Å². The van der Waals surface area contributed by atoms with Crippen LogP contribution in [0.5, 0.6) is 0 Å². The van der Waals surface area contributed by atoms with Gasteiger partial charge in [0, 0.05) is 42.0 Å². The molecule has 0 N–H and O–H groups in total. The van der Waals surface area contributed by atoms with Crippen molar-refractivity contribution >= 4 is 50.9 Å². The van der Waals surface area contributed by atoms with Crippen molar-refractivity contribution < 1.29 is 13.2 Å². The molecule has 2 aromatic carbocycles. The quantitative estimate of drug-likeness (QED) is 0.635. The van der Waals surface area contributed by atoms with Crippen molar-refractivity contribution in [1.29, 1.82) is 0 Å². The smallest absolute Gasteiger partial charge is 0.243 e. The zero-order valence-corrected chi connectivity index (χ0v) is 19.1. The van der Waals surface area contributed by atoms with E-state index in [1.165, 1.54) is 16.1 Å². The van der Waals surface area contributed by atoms with Crippen LogP contribution in [0.4, 0.5) is 0 Å². The van der Waals surface area contributed by atoms with Crippen LogP contribution in [0.2, 0.25) is 10.0 Å². The van der Waals surface area contributed by atoms with E-state index in [9.17, 15) is 13.2 Å². The van der Waals surface area contributed by atoms with Crippen LogP contribution in [0.15, 0.2) is 47.4 Å². The van der Waals surface area contributed by atoms with Crippen molar-refractivity contribution in [2.24, 2.45) is 0 Å². The number of amides is 1. The Morgan fingerprint density at radius 1 is 1.00 bits per heavy atom. The highest BCUT2D eigenvalue weighted by atomic mass is 35.5. The highest BCUT2D eigenvalue weighted by Crippen LogP contribution is 2.28. The monoisotopic (exact) mass is 472 g/mol. The molecule has 0 aromatic heterocycles. The Labute approximate surface area is 186 Å². The lowest BCUT2D eigenvalue weighted by Crippen LogP contribution is -2.50. The minimum absolute atomic E-state index is 0.00874. The Bertz CT molecular complexity index is 953. The number of halogens is 2. The lowest BCUT2D eigenvalue weighted by Gasteiger charge is -2.34. The normalized spacial score (nSPS) is 15.5. The Hall–Kier alpha value is -1.25. The molecule has 156 valence electrons. The summed E-state index contributed by atoms with van der Waals surface area (Å²) in [6.45, 7) is 3.28. The molecule has 1 fully saturated rings. The Morgan fingerprint density at radius 2 is 1.59 bits per heavy atom. The molecule has 1 heterocycles. The van der Waals surface area contributed by atoms with Crippen molar-refractivity contribution in [3.8, 4) is 0 Å². The average molecular weight is 473 g/mol. The zero-order chi connectivity index (χ0) is 21.0. The number of carbonyl (C=O) groups is 1. The second kappa shape index (κ2) is 9.71. The number of hydrogen-bond donors (Lipinski definition) is 0. The minimum atomic E-state index is -3.53. The molecule has 29 heavy (non-hydrogen) atoms. The summed E-state index contributed by atoms with van der Waals surface area (Å²) in [4.78, 5) is 14.5. The van der Waals surface area contributed by atoms with Crippen molar-refractivity contribution in [3.63, 3.8) is 0 Å². The second-order valence-corrected chi connectivity index (χ2v) is 10.5. The Balaban J connectivity index is 1.51. The predicted molar refractivity (Wildman–Crippen MR) is 119 cm³/mol. The highest BCUT2D eigenvalue weighted by Gasteiger charge is 2.29. The van der Waals surface area contributed by atoms with Gasteiger partial charge in [0.15, 0.2) is 0 Å². The highest BCUT2D eigenvalue weighted by molar-refractivity contribution is 7.99. The first kappa shape index (κ1) is 22.4. The molecule has 0 radical (unpaired) electrons. The maximum atomic E-state index is 12.8. The molecule has 1 saturated heterocycles. The summed E-state index contributed by atoms with van der Waals surface area (Å²) >= 11 is 13.8. The van der Waals surface area contributed by atoms with Gasteiger partial charge in [0.2, 0.25) is 15.9 Å². The number of piperazine rings is 1. The number of aryl methyl sites for hydroxylation is 1. The molecule has 5 nitrogen and oxygen atoms in total. The van der Waals surface area contributed by atoms with E-state index in [-0.39, 0.29) is 10.8 Å². The molecule has 0 bridgehead atoms. The maximum absolute atomic E-state index is 12.8. The lowest BCUT2D eigenvalue weighted by atomic mass is 10.2. The number of nitrogens with zero attached hydrogens (tertiary/aromatic N) is 2. The van der Waals surface area contributed by atoms with Crippen LogP contribution in [0.3, 0.4) is 0 Å². The molecule has 1 amide bonds. The van der Waals surface area contributed by atoms with E-state index in [2.05, 4.69) is 0 Å². The molecule has 0 saturated carbocycles. The number of benzene rings is 2. The van der Waals surface area contributed by atoms with Gasteiger partial charge in [0.1, 0.15) is 0 Å². The van der Waals surface area contributed by atoms with Gasteiger partial charge in [-0.1, -0.05) is 47.0 Å². The van der Waals surface area contributed by atoms with Gasteiger partial charge in [-0.3, -0.25) is 4.79 Å². The van der Waals surface area contributed by atoms with Crippen LogP contribution in [0, 0.1) is 6.92 Å². The molecule has 0 spiro atoms.